The van der Waals surface area contributed by atoms with E-state index >= 15 is 0 Å². The summed E-state index contributed by atoms with van der Waals surface area (Å²) in [5.74, 6) is -0.466. The molecule has 1 N–H and O–H groups in total. The summed E-state index contributed by atoms with van der Waals surface area (Å²) in [5.41, 5.74) is 2.24. The van der Waals surface area contributed by atoms with Crippen molar-refractivity contribution in [1.29, 1.82) is 0 Å². The van der Waals surface area contributed by atoms with Crippen molar-refractivity contribution in [1.82, 2.24) is 4.98 Å². The average molecular weight is 285 g/mol. The van der Waals surface area contributed by atoms with E-state index in [0.717, 1.165) is 6.29 Å². The molecule has 1 aromatic carbocycles. The fraction of sp³-hybridized carbons (Fsp3) is 0.188. The summed E-state index contributed by atoms with van der Waals surface area (Å²) in [5, 5.41) is 0. The fourth-order valence-electron chi connectivity index (χ4n) is 2.02. The Morgan fingerprint density at radius 1 is 1.19 bits per heavy atom. The molecule has 0 aliphatic rings. The van der Waals surface area contributed by atoms with Crippen LogP contribution in [-0.2, 0) is 16.0 Å². The van der Waals surface area contributed by atoms with Crippen LogP contribution < -0.4 is 0 Å². The van der Waals surface area contributed by atoms with E-state index < -0.39 is 0 Å². The quantitative estimate of drug-likeness (QED) is 0.501. The van der Waals surface area contributed by atoms with Gasteiger partial charge in [0, 0.05) is 28.6 Å². The van der Waals surface area contributed by atoms with Crippen LogP contribution in [-0.4, -0.2) is 30.1 Å². The number of benzene rings is 1. The van der Waals surface area contributed by atoms with E-state index in [2.05, 4.69) is 9.72 Å². The molecule has 0 atom stereocenters. The van der Waals surface area contributed by atoms with E-state index in [4.69, 9.17) is 0 Å². The molecular weight excluding hydrogens is 270 g/mol. The van der Waals surface area contributed by atoms with Gasteiger partial charge in [0.15, 0.2) is 5.78 Å². The van der Waals surface area contributed by atoms with E-state index in [1.807, 2.05) is 0 Å². The van der Waals surface area contributed by atoms with Crippen molar-refractivity contribution >= 4 is 18.0 Å². The first-order valence-corrected chi connectivity index (χ1v) is 6.48. The summed E-state index contributed by atoms with van der Waals surface area (Å²) in [6, 6.07) is 8.11. The summed E-state index contributed by atoms with van der Waals surface area (Å²) in [4.78, 5) is 37.2. The number of hydrogen-bond acceptors (Lipinski definition) is 4. The van der Waals surface area contributed by atoms with Crippen LogP contribution in [0.15, 0.2) is 36.5 Å². The van der Waals surface area contributed by atoms with Gasteiger partial charge in [0.25, 0.3) is 0 Å². The highest BCUT2D eigenvalue weighted by atomic mass is 16.5. The Hall–Kier alpha value is -2.69. The highest BCUT2D eigenvalue weighted by Crippen LogP contribution is 2.16. The molecule has 0 aliphatic heterocycles. The molecule has 0 fully saturated rings. The Bertz CT molecular complexity index is 655. The van der Waals surface area contributed by atoms with Gasteiger partial charge in [0.1, 0.15) is 6.29 Å². The van der Waals surface area contributed by atoms with Gasteiger partial charge >= 0.3 is 5.97 Å². The third-order valence-electron chi connectivity index (χ3n) is 3.19. The van der Waals surface area contributed by atoms with Crippen LogP contribution in [0.4, 0.5) is 0 Å². The summed E-state index contributed by atoms with van der Waals surface area (Å²) >= 11 is 0. The minimum absolute atomic E-state index is 0.145. The molecule has 0 unspecified atom stereocenters. The number of esters is 1. The van der Waals surface area contributed by atoms with Crippen molar-refractivity contribution in [2.45, 2.75) is 12.8 Å². The number of aromatic amines is 1. The second kappa shape index (κ2) is 6.65. The number of methoxy groups -OCH3 is 1. The third-order valence-corrected chi connectivity index (χ3v) is 3.19. The smallest absolute Gasteiger partial charge is 0.305 e. The number of ketones is 1. The van der Waals surface area contributed by atoms with Gasteiger partial charge in [0.05, 0.1) is 13.5 Å². The second-order valence-corrected chi connectivity index (χ2v) is 4.52. The standard InChI is InChI=1S/C16H15NO4/c1-21-15(19)7-6-14-13(8-9-17-14)16(20)12-4-2-11(10-18)3-5-12/h2-5,8-10,17H,6-7H2,1H3. The molecule has 21 heavy (non-hydrogen) atoms. The molecule has 5 nitrogen and oxygen atoms in total. The summed E-state index contributed by atoms with van der Waals surface area (Å²) in [7, 11) is 1.33. The van der Waals surface area contributed by atoms with Crippen molar-refractivity contribution in [3.63, 3.8) is 0 Å². The lowest BCUT2D eigenvalue weighted by atomic mass is 10.0. The molecule has 2 aromatic rings. The molecule has 0 saturated heterocycles. The van der Waals surface area contributed by atoms with Crippen molar-refractivity contribution in [3.8, 4) is 0 Å². The number of aldehydes is 1. The molecule has 1 heterocycles. The van der Waals surface area contributed by atoms with Crippen LogP contribution in [0.1, 0.15) is 38.4 Å². The van der Waals surface area contributed by atoms with Crippen molar-refractivity contribution in [2.75, 3.05) is 7.11 Å². The third kappa shape index (κ3) is 3.45. The van der Waals surface area contributed by atoms with Crippen molar-refractivity contribution in [2.24, 2.45) is 0 Å². The Kier molecular flexibility index (Phi) is 4.66. The average Bonchev–Trinajstić information content (AvgIpc) is 3.00. The first-order valence-electron chi connectivity index (χ1n) is 6.48. The zero-order chi connectivity index (χ0) is 15.2. The van der Waals surface area contributed by atoms with Gasteiger partial charge in [0.2, 0.25) is 0 Å². The van der Waals surface area contributed by atoms with Gasteiger partial charge in [-0.3, -0.25) is 14.4 Å². The Morgan fingerprint density at radius 3 is 2.52 bits per heavy atom. The summed E-state index contributed by atoms with van der Waals surface area (Å²) in [6.45, 7) is 0. The molecule has 0 aliphatic carbocycles. The normalized spacial score (nSPS) is 10.1. The first kappa shape index (κ1) is 14.7. The van der Waals surface area contributed by atoms with Crippen molar-refractivity contribution < 1.29 is 19.1 Å². The summed E-state index contributed by atoms with van der Waals surface area (Å²) in [6.07, 6.45) is 3.01. The molecule has 0 bridgehead atoms. The number of H-pyrrole nitrogens is 1. The first-order chi connectivity index (χ1) is 10.2. The Morgan fingerprint density at radius 2 is 1.90 bits per heavy atom. The number of hydrogen-bond donors (Lipinski definition) is 1. The van der Waals surface area contributed by atoms with E-state index in [9.17, 15) is 14.4 Å². The number of carbonyl (C=O) groups is 3. The maximum Gasteiger partial charge on any atom is 0.305 e. The lowest BCUT2D eigenvalue weighted by Crippen LogP contribution is -2.07. The molecule has 0 spiro atoms. The zero-order valence-corrected chi connectivity index (χ0v) is 11.6. The van der Waals surface area contributed by atoms with Gasteiger partial charge < -0.3 is 9.72 Å². The van der Waals surface area contributed by atoms with Crippen LogP contribution in [0.3, 0.4) is 0 Å². The molecular formula is C16H15NO4. The molecule has 0 saturated carbocycles. The fourth-order valence-corrected chi connectivity index (χ4v) is 2.02. The molecule has 0 radical (unpaired) electrons. The van der Waals surface area contributed by atoms with Crippen LogP contribution in [0.25, 0.3) is 0 Å². The lowest BCUT2D eigenvalue weighted by molar-refractivity contribution is -0.140. The molecule has 2 rings (SSSR count). The number of carbonyl (C=O) groups excluding carboxylic acids is 3. The maximum absolute atomic E-state index is 12.4. The van der Waals surface area contributed by atoms with Gasteiger partial charge in [-0.15, -0.1) is 0 Å². The number of nitrogens with one attached hydrogen (secondary N) is 1. The minimum atomic E-state index is -0.321. The minimum Gasteiger partial charge on any atom is -0.469 e. The largest absolute Gasteiger partial charge is 0.469 e. The van der Waals surface area contributed by atoms with Gasteiger partial charge in [-0.2, -0.15) is 0 Å². The number of ether oxygens (including phenoxy) is 1. The molecule has 0 amide bonds. The number of aryl methyl sites for hydroxylation is 1. The van der Waals surface area contributed by atoms with Crippen LogP contribution >= 0.6 is 0 Å². The number of rotatable bonds is 6. The highest BCUT2D eigenvalue weighted by Gasteiger charge is 2.15. The Balaban J connectivity index is 2.17. The number of aromatic nitrogens is 1. The Labute approximate surface area is 121 Å². The SMILES string of the molecule is COC(=O)CCc1[nH]ccc1C(=O)c1ccc(C=O)cc1. The topological polar surface area (TPSA) is 76.2 Å². The lowest BCUT2D eigenvalue weighted by Gasteiger charge is -2.04. The monoisotopic (exact) mass is 285 g/mol. The van der Waals surface area contributed by atoms with Gasteiger partial charge in [-0.05, 0) is 12.5 Å². The molecule has 1 aromatic heterocycles. The van der Waals surface area contributed by atoms with Crippen LogP contribution in [0.5, 0.6) is 0 Å². The predicted molar refractivity (Wildman–Crippen MR) is 76.4 cm³/mol. The van der Waals surface area contributed by atoms with E-state index in [0.29, 0.717) is 28.8 Å². The maximum atomic E-state index is 12.4. The van der Waals surface area contributed by atoms with Gasteiger partial charge in [-0.1, -0.05) is 24.3 Å². The second-order valence-electron chi connectivity index (χ2n) is 4.52. The summed E-state index contributed by atoms with van der Waals surface area (Å²) < 4.78 is 4.59. The molecule has 5 heteroatoms. The zero-order valence-electron chi connectivity index (χ0n) is 11.6. The highest BCUT2D eigenvalue weighted by molar-refractivity contribution is 6.10. The van der Waals surface area contributed by atoms with E-state index in [1.165, 1.54) is 7.11 Å². The van der Waals surface area contributed by atoms with E-state index in [-0.39, 0.29) is 18.2 Å². The molecule has 108 valence electrons. The predicted octanol–water partition coefficient (Wildman–Crippen LogP) is 2.16. The van der Waals surface area contributed by atoms with Crippen LogP contribution in [0, 0.1) is 0 Å². The van der Waals surface area contributed by atoms with E-state index in [1.54, 1.807) is 36.5 Å². The van der Waals surface area contributed by atoms with Gasteiger partial charge in [-0.25, -0.2) is 0 Å². The van der Waals surface area contributed by atoms with Crippen molar-refractivity contribution in [3.05, 3.63) is 58.9 Å². The van der Waals surface area contributed by atoms with Crippen LogP contribution in [0.2, 0.25) is 0 Å².